The van der Waals surface area contributed by atoms with Crippen LogP contribution in [0.5, 0.6) is 23.0 Å². The van der Waals surface area contributed by atoms with Crippen LogP contribution in [-0.2, 0) is 0 Å². The second-order valence-electron chi connectivity index (χ2n) is 4.91. The van der Waals surface area contributed by atoms with Gasteiger partial charge < -0.3 is 19.7 Å². The van der Waals surface area contributed by atoms with Gasteiger partial charge in [-0.05, 0) is 35.9 Å². The molecule has 0 aliphatic rings. The molecular formula is C17H14NO7-. The number of carbonyl (C=O) groups excluding carboxylic acids is 1. The molecule has 0 saturated heterocycles. The number of phenols is 1. The highest BCUT2D eigenvalue weighted by atomic mass is 16.6. The van der Waals surface area contributed by atoms with E-state index in [9.17, 15) is 25.1 Å². The number of phenolic OH excluding ortho intramolecular Hbond substituents is 1. The second-order valence-corrected chi connectivity index (χ2v) is 4.91. The number of nitro groups is 1. The summed E-state index contributed by atoms with van der Waals surface area (Å²) < 4.78 is 9.76. The Morgan fingerprint density at radius 2 is 1.84 bits per heavy atom. The number of methoxy groups -OCH3 is 2. The first-order valence-electron chi connectivity index (χ1n) is 7.00. The van der Waals surface area contributed by atoms with E-state index in [-0.39, 0.29) is 28.4 Å². The molecular weight excluding hydrogens is 330 g/mol. The number of hydrogen-bond acceptors (Lipinski definition) is 7. The van der Waals surface area contributed by atoms with Crippen molar-refractivity contribution >= 4 is 17.5 Å². The maximum Gasteiger partial charge on any atom is 0.266 e. The van der Waals surface area contributed by atoms with Crippen LogP contribution in [-0.4, -0.2) is 30.0 Å². The molecule has 0 radical (unpaired) electrons. The van der Waals surface area contributed by atoms with Crippen molar-refractivity contribution < 1.29 is 29.4 Å². The maximum atomic E-state index is 12.2. The molecule has 2 aromatic carbocycles. The zero-order valence-electron chi connectivity index (χ0n) is 13.4. The first-order valence-corrected chi connectivity index (χ1v) is 7.00. The van der Waals surface area contributed by atoms with E-state index in [1.54, 1.807) is 0 Å². The normalized spacial score (nSPS) is 10.6. The molecule has 2 aromatic rings. The van der Waals surface area contributed by atoms with Crippen molar-refractivity contribution in [2.45, 2.75) is 0 Å². The summed E-state index contributed by atoms with van der Waals surface area (Å²) >= 11 is 0. The minimum atomic E-state index is -0.834. The van der Waals surface area contributed by atoms with Crippen molar-refractivity contribution in [3.63, 3.8) is 0 Å². The van der Waals surface area contributed by atoms with E-state index in [0.29, 0.717) is 0 Å². The average molecular weight is 344 g/mol. The van der Waals surface area contributed by atoms with Crippen LogP contribution in [0.4, 0.5) is 5.69 Å². The summed E-state index contributed by atoms with van der Waals surface area (Å²) in [5, 5.41) is 32.2. The zero-order chi connectivity index (χ0) is 18.6. The molecule has 2 rings (SSSR count). The first-order chi connectivity index (χ1) is 11.9. The summed E-state index contributed by atoms with van der Waals surface area (Å²) in [6.45, 7) is 0. The Bertz CT molecular complexity index is 858. The number of benzene rings is 2. The van der Waals surface area contributed by atoms with Crippen LogP contribution < -0.4 is 14.6 Å². The van der Waals surface area contributed by atoms with Crippen LogP contribution in [0.25, 0.3) is 6.08 Å². The predicted molar refractivity (Wildman–Crippen MR) is 87.1 cm³/mol. The van der Waals surface area contributed by atoms with Gasteiger partial charge in [-0.15, -0.1) is 0 Å². The molecule has 1 N–H and O–H groups in total. The molecule has 8 nitrogen and oxygen atoms in total. The van der Waals surface area contributed by atoms with E-state index >= 15 is 0 Å². The quantitative estimate of drug-likeness (QED) is 0.369. The van der Waals surface area contributed by atoms with E-state index in [4.69, 9.17) is 9.47 Å². The molecule has 0 saturated carbocycles. The second kappa shape index (κ2) is 7.35. The fourth-order valence-corrected chi connectivity index (χ4v) is 2.09. The maximum absolute atomic E-state index is 12.2. The van der Waals surface area contributed by atoms with E-state index in [1.807, 2.05) is 0 Å². The van der Waals surface area contributed by atoms with E-state index < -0.39 is 22.1 Å². The topological polar surface area (TPSA) is 122 Å². The molecule has 8 heteroatoms. The van der Waals surface area contributed by atoms with Gasteiger partial charge in [0.1, 0.15) is 5.75 Å². The van der Waals surface area contributed by atoms with Crippen molar-refractivity contribution in [3.05, 3.63) is 57.6 Å². The minimum Gasteiger partial charge on any atom is -0.865 e. The molecule has 0 fully saturated rings. The van der Waals surface area contributed by atoms with Gasteiger partial charge in [0.25, 0.3) is 5.69 Å². The van der Waals surface area contributed by atoms with Crippen LogP contribution in [0.3, 0.4) is 0 Å². The highest BCUT2D eigenvalue weighted by Gasteiger charge is 2.13. The number of allylic oxidation sites excluding steroid dienone is 1. The summed E-state index contributed by atoms with van der Waals surface area (Å²) in [6.07, 6.45) is 2.52. The van der Waals surface area contributed by atoms with Crippen molar-refractivity contribution in [2.24, 2.45) is 0 Å². The number of carbonyl (C=O) groups is 1. The lowest BCUT2D eigenvalue weighted by Crippen LogP contribution is -2.01. The molecule has 0 atom stereocenters. The summed E-state index contributed by atoms with van der Waals surface area (Å²) in [5.41, 5.74) is -0.118. The SMILES string of the molecule is COc1cc(C(=O)/C=C/c2cc(OC)c([O-])c([N+](=O)[O-])c2)ccc1O. The molecule has 0 amide bonds. The van der Waals surface area contributed by atoms with Gasteiger partial charge in [0, 0.05) is 17.4 Å². The van der Waals surface area contributed by atoms with E-state index in [2.05, 4.69) is 0 Å². The lowest BCUT2D eigenvalue weighted by atomic mass is 10.1. The third kappa shape index (κ3) is 3.86. The largest absolute Gasteiger partial charge is 0.865 e. The van der Waals surface area contributed by atoms with Gasteiger partial charge in [0.2, 0.25) is 0 Å². The monoisotopic (exact) mass is 344 g/mol. The van der Waals surface area contributed by atoms with Gasteiger partial charge in [-0.1, -0.05) is 6.08 Å². The zero-order valence-corrected chi connectivity index (χ0v) is 13.4. The fraction of sp³-hybridized carbons (Fsp3) is 0.118. The Labute approximate surface area is 142 Å². The Kier molecular flexibility index (Phi) is 5.23. The van der Waals surface area contributed by atoms with Crippen LogP contribution in [0, 0.1) is 10.1 Å². The molecule has 0 aromatic heterocycles. The summed E-state index contributed by atoms with van der Waals surface area (Å²) in [7, 11) is 2.58. The number of nitrogens with zero attached hydrogens (tertiary/aromatic N) is 1. The van der Waals surface area contributed by atoms with E-state index in [0.717, 1.165) is 6.07 Å². The van der Waals surface area contributed by atoms with Crippen LogP contribution >= 0.6 is 0 Å². The Morgan fingerprint density at radius 1 is 1.16 bits per heavy atom. The molecule has 130 valence electrons. The van der Waals surface area contributed by atoms with Gasteiger partial charge in [-0.25, -0.2) is 0 Å². The first kappa shape index (κ1) is 17.8. The highest BCUT2D eigenvalue weighted by molar-refractivity contribution is 6.07. The molecule has 25 heavy (non-hydrogen) atoms. The van der Waals surface area contributed by atoms with Crippen LogP contribution in [0.15, 0.2) is 36.4 Å². The fourth-order valence-electron chi connectivity index (χ4n) is 2.09. The summed E-state index contributed by atoms with van der Waals surface area (Å²) in [4.78, 5) is 22.3. The summed E-state index contributed by atoms with van der Waals surface area (Å²) in [5.74, 6) is -1.39. The number of ether oxygens (including phenoxy) is 2. The Balaban J connectivity index is 2.34. The Hall–Kier alpha value is -3.55. The molecule has 0 unspecified atom stereocenters. The van der Waals surface area contributed by atoms with Gasteiger partial charge >= 0.3 is 0 Å². The van der Waals surface area contributed by atoms with Crippen LogP contribution in [0.1, 0.15) is 15.9 Å². The van der Waals surface area contributed by atoms with Gasteiger partial charge in [-0.3, -0.25) is 14.9 Å². The number of hydrogen-bond donors (Lipinski definition) is 1. The molecule has 0 spiro atoms. The number of rotatable bonds is 6. The van der Waals surface area contributed by atoms with Crippen molar-refractivity contribution in [2.75, 3.05) is 14.2 Å². The van der Waals surface area contributed by atoms with Crippen molar-refractivity contribution in [3.8, 4) is 23.0 Å². The van der Waals surface area contributed by atoms with Gasteiger partial charge in [0.05, 0.1) is 19.1 Å². The third-order valence-electron chi connectivity index (χ3n) is 3.37. The lowest BCUT2D eigenvalue weighted by molar-refractivity contribution is -0.398. The number of aromatic hydroxyl groups is 1. The third-order valence-corrected chi connectivity index (χ3v) is 3.37. The standard InChI is InChI=1S/C17H15NO7/c1-24-15-9-11(4-6-14(15)20)13(19)5-3-10-7-12(18(22)23)17(21)16(8-10)25-2/h3-9,20-21H,1-2H3/p-1/b5-3+. The van der Waals surface area contributed by atoms with Crippen LogP contribution in [0.2, 0.25) is 0 Å². The average Bonchev–Trinajstić information content (AvgIpc) is 2.60. The molecule has 0 aliphatic heterocycles. The van der Waals surface area contributed by atoms with E-state index in [1.165, 1.54) is 50.6 Å². The summed E-state index contributed by atoms with van der Waals surface area (Å²) in [6, 6.07) is 6.46. The number of nitro benzene ring substituents is 1. The predicted octanol–water partition coefficient (Wildman–Crippen LogP) is 2.29. The smallest absolute Gasteiger partial charge is 0.266 e. The minimum absolute atomic E-state index is 0.102. The van der Waals surface area contributed by atoms with Gasteiger partial charge in [-0.2, -0.15) is 0 Å². The number of ketones is 1. The van der Waals surface area contributed by atoms with Gasteiger partial charge in [0.15, 0.2) is 17.3 Å². The van der Waals surface area contributed by atoms with Crippen molar-refractivity contribution in [1.29, 1.82) is 0 Å². The molecule has 0 bridgehead atoms. The van der Waals surface area contributed by atoms with Crippen molar-refractivity contribution in [1.82, 2.24) is 0 Å². The molecule has 0 aliphatic carbocycles. The molecule has 0 heterocycles. The Morgan fingerprint density at radius 3 is 2.44 bits per heavy atom. The highest BCUT2D eigenvalue weighted by Crippen LogP contribution is 2.35. The lowest BCUT2D eigenvalue weighted by Gasteiger charge is -2.13.